The SMILES string of the molecule is CSc1ccc2ccc(CC=O)cc2c1. The van der Waals surface area contributed by atoms with E-state index in [-0.39, 0.29) is 0 Å². The van der Waals surface area contributed by atoms with Crippen molar-refractivity contribution in [1.82, 2.24) is 0 Å². The number of aldehydes is 1. The van der Waals surface area contributed by atoms with E-state index in [0.717, 1.165) is 11.8 Å². The van der Waals surface area contributed by atoms with Crippen molar-refractivity contribution in [3.63, 3.8) is 0 Å². The van der Waals surface area contributed by atoms with Crippen molar-refractivity contribution in [2.75, 3.05) is 6.26 Å². The fraction of sp³-hybridized carbons (Fsp3) is 0.154. The van der Waals surface area contributed by atoms with Crippen LogP contribution in [0.25, 0.3) is 10.8 Å². The summed E-state index contributed by atoms with van der Waals surface area (Å²) in [4.78, 5) is 11.7. The van der Waals surface area contributed by atoms with Gasteiger partial charge in [-0.3, -0.25) is 0 Å². The third kappa shape index (κ3) is 2.21. The average molecular weight is 216 g/mol. The molecular weight excluding hydrogens is 204 g/mol. The molecule has 0 unspecified atom stereocenters. The summed E-state index contributed by atoms with van der Waals surface area (Å²) in [5.74, 6) is 0. The Hall–Kier alpha value is -1.28. The van der Waals surface area contributed by atoms with Gasteiger partial charge in [-0.1, -0.05) is 24.3 Å². The Balaban J connectivity index is 2.52. The summed E-state index contributed by atoms with van der Waals surface area (Å²) in [7, 11) is 0. The van der Waals surface area contributed by atoms with E-state index in [1.165, 1.54) is 15.7 Å². The molecule has 0 radical (unpaired) electrons. The molecule has 0 spiro atoms. The zero-order valence-electron chi connectivity index (χ0n) is 8.57. The lowest BCUT2D eigenvalue weighted by molar-refractivity contribution is -0.107. The maximum Gasteiger partial charge on any atom is 0.124 e. The molecular formula is C13H12OS. The van der Waals surface area contributed by atoms with E-state index in [2.05, 4.69) is 36.6 Å². The third-order valence-corrected chi connectivity index (χ3v) is 3.16. The molecule has 0 N–H and O–H groups in total. The summed E-state index contributed by atoms with van der Waals surface area (Å²) in [5, 5.41) is 2.43. The second-order valence-electron chi connectivity index (χ2n) is 3.42. The highest BCUT2D eigenvalue weighted by Crippen LogP contribution is 2.22. The minimum Gasteiger partial charge on any atom is -0.303 e. The van der Waals surface area contributed by atoms with Crippen molar-refractivity contribution in [2.45, 2.75) is 11.3 Å². The Morgan fingerprint density at radius 2 is 1.93 bits per heavy atom. The Morgan fingerprint density at radius 3 is 2.67 bits per heavy atom. The van der Waals surface area contributed by atoms with Crippen molar-refractivity contribution in [1.29, 1.82) is 0 Å². The molecule has 0 fully saturated rings. The van der Waals surface area contributed by atoms with E-state index in [9.17, 15) is 4.79 Å². The van der Waals surface area contributed by atoms with Gasteiger partial charge in [-0.15, -0.1) is 11.8 Å². The van der Waals surface area contributed by atoms with Crippen molar-refractivity contribution in [3.05, 3.63) is 42.0 Å². The first kappa shape index (κ1) is 10.2. The molecule has 0 saturated carbocycles. The molecule has 0 aliphatic carbocycles. The molecule has 2 rings (SSSR count). The number of thioether (sulfide) groups is 1. The number of benzene rings is 2. The van der Waals surface area contributed by atoms with Gasteiger partial charge >= 0.3 is 0 Å². The highest BCUT2D eigenvalue weighted by molar-refractivity contribution is 7.98. The van der Waals surface area contributed by atoms with E-state index in [1.54, 1.807) is 11.8 Å². The van der Waals surface area contributed by atoms with Crippen molar-refractivity contribution < 1.29 is 4.79 Å². The fourth-order valence-electron chi connectivity index (χ4n) is 1.62. The van der Waals surface area contributed by atoms with Crippen LogP contribution in [-0.2, 0) is 11.2 Å². The number of hydrogen-bond acceptors (Lipinski definition) is 2. The molecule has 15 heavy (non-hydrogen) atoms. The van der Waals surface area contributed by atoms with Gasteiger partial charge in [0.25, 0.3) is 0 Å². The average Bonchev–Trinajstić information content (AvgIpc) is 2.28. The largest absolute Gasteiger partial charge is 0.303 e. The first-order valence-electron chi connectivity index (χ1n) is 4.84. The van der Waals surface area contributed by atoms with E-state index in [1.807, 2.05) is 6.07 Å². The summed E-state index contributed by atoms with van der Waals surface area (Å²) in [6.45, 7) is 0. The van der Waals surface area contributed by atoms with Gasteiger partial charge in [0, 0.05) is 11.3 Å². The molecule has 2 aromatic carbocycles. The lowest BCUT2D eigenvalue weighted by Crippen LogP contribution is -1.85. The van der Waals surface area contributed by atoms with E-state index < -0.39 is 0 Å². The lowest BCUT2D eigenvalue weighted by atomic mass is 10.1. The van der Waals surface area contributed by atoms with Gasteiger partial charge in [-0.25, -0.2) is 0 Å². The molecule has 0 aliphatic heterocycles. The van der Waals surface area contributed by atoms with Gasteiger partial charge in [0.1, 0.15) is 6.29 Å². The number of hydrogen-bond donors (Lipinski definition) is 0. The smallest absolute Gasteiger partial charge is 0.124 e. The maximum atomic E-state index is 10.4. The highest BCUT2D eigenvalue weighted by Gasteiger charge is 1.97. The first-order valence-corrected chi connectivity index (χ1v) is 6.06. The van der Waals surface area contributed by atoms with Gasteiger partial charge < -0.3 is 4.79 Å². The molecule has 76 valence electrons. The van der Waals surface area contributed by atoms with Crippen LogP contribution in [0.15, 0.2) is 41.3 Å². The van der Waals surface area contributed by atoms with E-state index >= 15 is 0 Å². The monoisotopic (exact) mass is 216 g/mol. The predicted molar refractivity (Wildman–Crippen MR) is 65.5 cm³/mol. The van der Waals surface area contributed by atoms with Crippen LogP contribution in [0.2, 0.25) is 0 Å². The van der Waals surface area contributed by atoms with Gasteiger partial charge in [0.15, 0.2) is 0 Å². The third-order valence-electron chi connectivity index (χ3n) is 2.43. The molecule has 2 heteroatoms. The summed E-state index contributed by atoms with van der Waals surface area (Å²) in [6, 6.07) is 12.6. The topological polar surface area (TPSA) is 17.1 Å². The zero-order valence-corrected chi connectivity index (χ0v) is 9.38. The normalized spacial score (nSPS) is 10.5. The maximum absolute atomic E-state index is 10.4. The summed E-state index contributed by atoms with van der Waals surface area (Å²) < 4.78 is 0. The number of fused-ring (bicyclic) bond motifs is 1. The summed E-state index contributed by atoms with van der Waals surface area (Å²) >= 11 is 1.73. The van der Waals surface area contributed by atoms with Crippen LogP contribution in [0.5, 0.6) is 0 Å². The van der Waals surface area contributed by atoms with E-state index in [0.29, 0.717) is 6.42 Å². The Labute approximate surface area is 93.5 Å². The molecule has 0 saturated heterocycles. The molecule has 2 aromatic rings. The number of carbonyl (C=O) groups excluding carboxylic acids is 1. The van der Waals surface area contributed by atoms with Gasteiger partial charge in [0.2, 0.25) is 0 Å². The lowest BCUT2D eigenvalue weighted by Gasteiger charge is -2.02. The van der Waals surface area contributed by atoms with Crippen LogP contribution in [0.1, 0.15) is 5.56 Å². The van der Waals surface area contributed by atoms with Crippen LogP contribution in [-0.4, -0.2) is 12.5 Å². The Bertz CT molecular complexity index is 491. The second kappa shape index (κ2) is 4.49. The molecule has 0 aliphatic rings. The van der Waals surface area contributed by atoms with Gasteiger partial charge in [-0.05, 0) is 34.7 Å². The molecule has 0 heterocycles. The standard InChI is InChI=1S/C13H12OS/c1-15-13-5-4-11-3-2-10(6-7-14)8-12(11)9-13/h2-5,7-9H,6H2,1H3. The fourth-order valence-corrected chi connectivity index (χ4v) is 2.07. The van der Waals surface area contributed by atoms with Gasteiger partial charge in [-0.2, -0.15) is 0 Å². The highest BCUT2D eigenvalue weighted by atomic mass is 32.2. The van der Waals surface area contributed by atoms with E-state index in [4.69, 9.17) is 0 Å². The molecule has 0 bridgehead atoms. The Morgan fingerprint density at radius 1 is 1.13 bits per heavy atom. The molecule has 0 amide bonds. The van der Waals surface area contributed by atoms with Crippen LogP contribution in [0.4, 0.5) is 0 Å². The first-order chi connectivity index (χ1) is 7.33. The van der Waals surface area contributed by atoms with Crippen LogP contribution < -0.4 is 0 Å². The summed E-state index contributed by atoms with van der Waals surface area (Å²) in [6.07, 6.45) is 3.51. The number of rotatable bonds is 3. The van der Waals surface area contributed by atoms with Crippen molar-refractivity contribution in [2.24, 2.45) is 0 Å². The zero-order chi connectivity index (χ0) is 10.7. The predicted octanol–water partition coefficient (Wildman–Crippen LogP) is 3.30. The van der Waals surface area contributed by atoms with Crippen molar-refractivity contribution in [3.8, 4) is 0 Å². The van der Waals surface area contributed by atoms with Crippen LogP contribution in [0, 0.1) is 0 Å². The molecule has 0 aromatic heterocycles. The minimum atomic E-state index is 0.499. The van der Waals surface area contributed by atoms with Crippen LogP contribution >= 0.6 is 11.8 Å². The Kier molecular flexibility index (Phi) is 3.07. The quantitative estimate of drug-likeness (QED) is 0.578. The van der Waals surface area contributed by atoms with Gasteiger partial charge in [0.05, 0.1) is 0 Å². The van der Waals surface area contributed by atoms with Crippen LogP contribution in [0.3, 0.4) is 0 Å². The van der Waals surface area contributed by atoms with Crippen molar-refractivity contribution >= 4 is 28.8 Å². The second-order valence-corrected chi connectivity index (χ2v) is 4.30. The number of carbonyl (C=O) groups is 1. The minimum absolute atomic E-state index is 0.499. The molecule has 0 atom stereocenters. The molecule has 1 nitrogen and oxygen atoms in total. The summed E-state index contributed by atoms with van der Waals surface area (Å²) in [5.41, 5.74) is 1.08.